The Morgan fingerprint density at radius 2 is 1.68 bits per heavy atom. The van der Waals surface area contributed by atoms with Crippen molar-refractivity contribution in [3.63, 3.8) is 0 Å². The average molecular weight is 393 g/mol. The molecular formula is C21H31NO6. The topological polar surface area (TPSA) is 83.1 Å². The van der Waals surface area contributed by atoms with Crippen LogP contribution in [-0.2, 0) is 20.7 Å². The lowest BCUT2D eigenvalue weighted by atomic mass is 9.86. The van der Waals surface area contributed by atoms with Gasteiger partial charge in [-0.05, 0) is 43.4 Å². The minimum absolute atomic E-state index is 0.00579. The zero-order valence-electron chi connectivity index (χ0n) is 17.4. The summed E-state index contributed by atoms with van der Waals surface area (Å²) in [5, 5.41) is 3.02. The molecule has 1 amide bonds. The van der Waals surface area contributed by atoms with E-state index in [0.717, 1.165) is 19.3 Å². The van der Waals surface area contributed by atoms with Gasteiger partial charge >= 0.3 is 5.97 Å². The third kappa shape index (κ3) is 5.53. The first-order valence-corrected chi connectivity index (χ1v) is 9.68. The van der Waals surface area contributed by atoms with E-state index in [9.17, 15) is 9.59 Å². The lowest BCUT2D eigenvalue weighted by Gasteiger charge is -2.30. The molecule has 1 aliphatic carbocycles. The van der Waals surface area contributed by atoms with Crippen molar-refractivity contribution in [2.45, 2.75) is 58.1 Å². The highest BCUT2D eigenvalue weighted by atomic mass is 16.5. The van der Waals surface area contributed by atoms with Crippen LogP contribution in [0.1, 0.15) is 45.1 Å². The second-order valence-corrected chi connectivity index (χ2v) is 7.22. The molecule has 0 aliphatic heterocycles. The number of esters is 1. The van der Waals surface area contributed by atoms with E-state index in [1.54, 1.807) is 19.1 Å². The van der Waals surface area contributed by atoms with Crippen LogP contribution in [0.2, 0.25) is 0 Å². The van der Waals surface area contributed by atoms with Gasteiger partial charge in [-0.2, -0.15) is 0 Å². The quantitative estimate of drug-likeness (QED) is 0.684. The zero-order valence-corrected chi connectivity index (χ0v) is 17.4. The molecule has 0 radical (unpaired) electrons. The first kappa shape index (κ1) is 21.9. The van der Waals surface area contributed by atoms with Crippen LogP contribution in [0.5, 0.6) is 17.2 Å². The summed E-state index contributed by atoms with van der Waals surface area (Å²) in [4.78, 5) is 24.7. The number of ether oxygens (including phenoxy) is 4. The van der Waals surface area contributed by atoms with Gasteiger partial charge in [-0.25, -0.2) is 0 Å². The molecule has 1 saturated carbocycles. The summed E-state index contributed by atoms with van der Waals surface area (Å²) in [6.45, 7) is 3.74. The number of amides is 1. The Morgan fingerprint density at radius 1 is 1.07 bits per heavy atom. The normalized spacial score (nSPS) is 20.0. The number of carbonyl (C=O) groups is 2. The third-order valence-electron chi connectivity index (χ3n) is 5.19. The van der Waals surface area contributed by atoms with Gasteiger partial charge in [0.25, 0.3) is 5.91 Å². The molecular weight excluding hydrogens is 362 g/mol. The van der Waals surface area contributed by atoms with Crippen molar-refractivity contribution in [1.82, 2.24) is 5.32 Å². The summed E-state index contributed by atoms with van der Waals surface area (Å²) in [6, 6.07) is 3.53. The predicted octanol–water partition coefficient (Wildman–Crippen LogP) is 2.88. The molecule has 1 aliphatic rings. The lowest BCUT2D eigenvalue weighted by molar-refractivity contribution is -0.154. The predicted molar refractivity (Wildman–Crippen MR) is 105 cm³/mol. The molecule has 0 spiro atoms. The lowest BCUT2D eigenvalue weighted by Crippen LogP contribution is -2.46. The standard InChI is InChI=1S/C21H31NO6/c1-13-8-6-7-9-16(13)22-21(24)14(2)28-19(23)12-15-10-17(25-3)20(27-5)18(11-15)26-4/h10-11,13-14,16H,6-9,12H2,1-5H3,(H,22,24)/t13-,14+,16-/m0/s1. The van der Waals surface area contributed by atoms with Gasteiger partial charge in [-0.1, -0.05) is 19.8 Å². The van der Waals surface area contributed by atoms with Crippen molar-refractivity contribution < 1.29 is 28.5 Å². The van der Waals surface area contributed by atoms with Crippen molar-refractivity contribution >= 4 is 11.9 Å². The maximum atomic E-state index is 12.4. The van der Waals surface area contributed by atoms with Crippen LogP contribution in [0, 0.1) is 5.92 Å². The summed E-state index contributed by atoms with van der Waals surface area (Å²) in [7, 11) is 4.54. The molecule has 0 bridgehead atoms. The van der Waals surface area contributed by atoms with E-state index in [1.807, 2.05) is 0 Å². The number of hydrogen-bond donors (Lipinski definition) is 1. The number of nitrogens with one attached hydrogen (secondary N) is 1. The number of methoxy groups -OCH3 is 3. The summed E-state index contributed by atoms with van der Waals surface area (Å²) in [5.74, 6) is 1.07. The fraction of sp³-hybridized carbons (Fsp3) is 0.619. The third-order valence-corrected chi connectivity index (χ3v) is 5.19. The number of benzene rings is 1. The maximum Gasteiger partial charge on any atom is 0.311 e. The molecule has 0 heterocycles. The monoisotopic (exact) mass is 393 g/mol. The highest BCUT2D eigenvalue weighted by Crippen LogP contribution is 2.38. The zero-order chi connectivity index (χ0) is 20.7. The molecule has 0 unspecified atom stereocenters. The minimum Gasteiger partial charge on any atom is -0.493 e. The first-order valence-electron chi connectivity index (χ1n) is 9.68. The molecule has 7 heteroatoms. The van der Waals surface area contributed by atoms with Crippen LogP contribution in [0.4, 0.5) is 0 Å². The molecule has 0 aromatic heterocycles. The van der Waals surface area contributed by atoms with E-state index < -0.39 is 12.1 Å². The van der Waals surface area contributed by atoms with Crippen LogP contribution < -0.4 is 19.5 Å². The molecule has 7 nitrogen and oxygen atoms in total. The van der Waals surface area contributed by atoms with Gasteiger partial charge < -0.3 is 24.3 Å². The van der Waals surface area contributed by atoms with Crippen molar-refractivity contribution in [3.05, 3.63) is 17.7 Å². The highest BCUT2D eigenvalue weighted by molar-refractivity contribution is 5.84. The molecule has 2 rings (SSSR count). The second kappa shape index (κ2) is 10.2. The van der Waals surface area contributed by atoms with Gasteiger partial charge in [-0.15, -0.1) is 0 Å². The molecule has 1 aromatic carbocycles. The Balaban J connectivity index is 1.96. The molecule has 1 fully saturated rings. The van der Waals surface area contributed by atoms with Crippen molar-refractivity contribution in [2.24, 2.45) is 5.92 Å². The molecule has 0 saturated heterocycles. The maximum absolute atomic E-state index is 12.4. The van der Waals surface area contributed by atoms with E-state index in [4.69, 9.17) is 18.9 Å². The minimum atomic E-state index is -0.844. The summed E-state index contributed by atoms with van der Waals surface area (Å²) >= 11 is 0. The van der Waals surface area contributed by atoms with Gasteiger partial charge in [0.2, 0.25) is 5.75 Å². The fourth-order valence-corrected chi connectivity index (χ4v) is 3.53. The smallest absolute Gasteiger partial charge is 0.311 e. The van der Waals surface area contributed by atoms with Gasteiger partial charge in [-0.3, -0.25) is 9.59 Å². The van der Waals surface area contributed by atoms with Crippen LogP contribution in [0.15, 0.2) is 12.1 Å². The molecule has 1 N–H and O–H groups in total. The number of rotatable bonds is 8. The Bertz CT molecular complexity index is 664. The summed E-state index contributed by atoms with van der Waals surface area (Å²) < 4.78 is 21.2. The Kier molecular flexibility index (Phi) is 7.96. The highest BCUT2D eigenvalue weighted by Gasteiger charge is 2.26. The Morgan fingerprint density at radius 3 is 2.21 bits per heavy atom. The van der Waals surface area contributed by atoms with Crippen molar-refractivity contribution in [3.8, 4) is 17.2 Å². The fourth-order valence-electron chi connectivity index (χ4n) is 3.53. The van der Waals surface area contributed by atoms with Crippen LogP contribution in [0.25, 0.3) is 0 Å². The Labute approximate surface area is 166 Å². The van der Waals surface area contributed by atoms with Gasteiger partial charge in [0, 0.05) is 6.04 Å². The summed E-state index contributed by atoms with van der Waals surface area (Å²) in [6.07, 6.45) is 3.55. The van der Waals surface area contributed by atoms with Gasteiger partial charge in [0.15, 0.2) is 17.6 Å². The van der Waals surface area contributed by atoms with Crippen LogP contribution in [-0.4, -0.2) is 45.4 Å². The SMILES string of the molecule is COc1cc(CC(=O)O[C@H](C)C(=O)N[C@H]2CCCC[C@@H]2C)cc(OC)c1OC. The molecule has 3 atom stereocenters. The van der Waals surface area contributed by atoms with Gasteiger partial charge in [0.1, 0.15) is 0 Å². The summed E-state index contributed by atoms with van der Waals surface area (Å²) in [5.41, 5.74) is 0.646. The second-order valence-electron chi connectivity index (χ2n) is 7.22. The first-order chi connectivity index (χ1) is 13.4. The molecule has 28 heavy (non-hydrogen) atoms. The largest absolute Gasteiger partial charge is 0.493 e. The number of carbonyl (C=O) groups excluding carboxylic acids is 2. The van der Waals surface area contributed by atoms with Gasteiger partial charge in [0.05, 0.1) is 27.8 Å². The van der Waals surface area contributed by atoms with E-state index in [1.165, 1.54) is 27.8 Å². The van der Waals surface area contributed by atoms with E-state index in [0.29, 0.717) is 28.7 Å². The molecule has 156 valence electrons. The van der Waals surface area contributed by atoms with E-state index in [-0.39, 0.29) is 18.4 Å². The van der Waals surface area contributed by atoms with Crippen molar-refractivity contribution in [1.29, 1.82) is 0 Å². The number of hydrogen-bond acceptors (Lipinski definition) is 6. The van der Waals surface area contributed by atoms with Crippen LogP contribution >= 0.6 is 0 Å². The van der Waals surface area contributed by atoms with E-state index >= 15 is 0 Å². The Hall–Kier alpha value is -2.44. The van der Waals surface area contributed by atoms with E-state index in [2.05, 4.69) is 12.2 Å². The van der Waals surface area contributed by atoms with Crippen LogP contribution in [0.3, 0.4) is 0 Å². The van der Waals surface area contributed by atoms with Crippen molar-refractivity contribution in [2.75, 3.05) is 21.3 Å². The average Bonchev–Trinajstić information content (AvgIpc) is 2.68. The molecule has 1 aromatic rings.